The molecule has 1 aromatic heterocycles. The van der Waals surface area contributed by atoms with Crippen molar-refractivity contribution in [1.82, 2.24) is 4.98 Å². The second-order valence-electron chi connectivity index (χ2n) is 2.67. The number of carbonyl (C=O) groups excluding carboxylic acids is 2. The molecule has 0 aliphatic rings. The maximum atomic E-state index is 10.9. The van der Waals surface area contributed by atoms with Crippen LogP contribution in [0.2, 0.25) is 0 Å². The minimum absolute atomic E-state index is 0.118. The Kier molecular flexibility index (Phi) is 2.74. The molecule has 0 atom stereocenters. The highest BCUT2D eigenvalue weighted by molar-refractivity contribution is 5.94. The maximum Gasteiger partial charge on any atom is 0.221 e. The van der Waals surface area contributed by atoms with Crippen molar-refractivity contribution in [2.45, 2.75) is 13.8 Å². The van der Waals surface area contributed by atoms with Crippen LogP contribution in [0.1, 0.15) is 24.3 Å². The molecule has 4 nitrogen and oxygen atoms in total. The van der Waals surface area contributed by atoms with Gasteiger partial charge in [0.2, 0.25) is 5.91 Å². The first-order valence-electron chi connectivity index (χ1n) is 3.84. The molecule has 0 radical (unpaired) electrons. The van der Waals surface area contributed by atoms with E-state index in [1.165, 1.54) is 20.0 Å². The van der Waals surface area contributed by atoms with Crippen LogP contribution in [-0.4, -0.2) is 16.7 Å². The topological polar surface area (TPSA) is 59.1 Å². The first-order valence-corrected chi connectivity index (χ1v) is 3.84. The van der Waals surface area contributed by atoms with E-state index in [1.54, 1.807) is 12.1 Å². The molecule has 1 aromatic rings. The lowest BCUT2D eigenvalue weighted by molar-refractivity contribution is -0.114. The van der Waals surface area contributed by atoms with Gasteiger partial charge in [0.05, 0.1) is 0 Å². The first-order chi connectivity index (χ1) is 6.09. The van der Waals surface area contributed by atoms with Gasteiger partial charge in [-0.3, -0.25) is 14.6 Å². The molecule has 1 amide bonds. The molecule has 0 bridgehead atoms. The Bertz CT molecular complexity index is 347. The van der Waals surface area contributed by atoms with Gasteiger partial charge in [-0.05, 0) is 12.1 Å². The number of ketones is 1. The molecule has 0 saturated heterocycles. The van der Waals surface area contributed by atoms with Gasteiger partial charge >= 0.3 is 0 Å². The lowest BCUT2D eigenvalue weighted by Gasteiger charge is -2.01. The van der Waals surface area contributed by atoms with Crippen LogP contribution in [0.3, 0.4) is 0 Å². The predicted molar refractivity (Wildman–Crippen MR) is 48.5 cm³/mol. The molecule has 0 aromatic carbocycles. The van der Waals surface area contributed by atoms with Crippen molar-refractivity contribution in [2.24, 2.45) is 0 Å². The molecular formula is C9H10N2O2. The summed E-state index contributed by atoms with van der Waals surface area (Å²) in [6.45, 7) is 2.84. The van der Waals surface area contributed by atoms with Crippen molar-refractivity contribution in [2.75, 3.05) is 5.32 Å². The lowest BCUT2D eigenvalue weighted by Crippen LogP contribution is -2.07. The van der Waals surface area contributed by atoms with Crippen LogP contribution >= 0.6 is 0 Å². The van der Waals surface area contributed by atoms with E-state index >= 15 is 0 Å². The third kappa shape index (κ3) is 2.66. The van der Waals surface area contributed by atoms with Gasteiger partial charge in [0.15, 0.2) is 5.78 Å². The van der Waals surface area contributed by atoms with Gasteiger partial charge in [-0.15, -0.1) is 0 Å². The Balaban J connectivity index is 2.91. The number of rotatable bonds is 2. The molecule has 13 heavy (non-hydrogen) atoms. The number of hydrogen-bond donors (Lipinski definition) is 1. The number of carbonyl (C=O) groups is 2. The standard InChI is InChI=1S/C9H10N2O2/c1-6(12)9-5-8(3-4-10-9)11-7(2)13/h3-5H,1-2H3,(H,10,11,13). The van der Waals surface area contributed by atoms with E-state index in [0.717, 1.165) is 0 Å². The lowest BCUT2D eigenvalue weighted by atomic mass is 10.2. The third-order valence-electron chi connectivity index (χ3n) is 1.44. The monoisotopic (exact) mass is 178 g/mol. The second-order valence-corrected chi connectivity index (χ2v) is 2.67. The summed E-state index contributed by atoms with van der Waals surface area (Å²) in [7, 11) is 0. The fourth-order valence-electron chi connectivity index (χ4n) is 0.904. The fourth-order valence-corrected chi connectivity index (χ4v) is 0.904. The zero-order chi connectivity index (χ0) is 9.84. The Morgan fingerprint density at radius 3 is 2.62 bits per heavy atom. The molecule has 68 valence electrons. The van der Waals surface area contributed by atoms with Crippen LogP contribution in [0.15, 0.2) is 18.3 Å². The molecule has 0 spiro atoms. The van der Waals surface area contributed by atoms with Crippen molar-refractivity contribution in [3.8, 4) is 0 Å². The summed E-state index contributed by atoms with van der Waals surface area (Å²) in [5, 5.41) is 2.57. The molecule has 0 fully saturated rings. The third-order valence-corrected chi connectivity index (χ3v) is 1.44. The number of anilines is 1. The van der Waals surface area contributed by atoms with Crippen molar-refractivity contribution < 1.29 is 9.59 Å². The highest BCUT2D eigenvalue weighted by atomic mass is 16.1. The van der Waals surface area contributed by atoms with Gasteiger partial charge in [-0.2, -0.15) is 0 Å². The minimum Gasteiger partial charge on any atom is -0.326 e. The normalized spacial score (nSPS) is 9.38. The molecule has 1 N–H and O–H groups in total. The molecule has 0 aliphatic heterocycles. The van der Waals surface area contributed by atoms with Crippen molar-refractivity contribution in [1.29, 1.82) is 0 Å². The van der Waals surface area contributed by atoms with Gasteiger partial charge < -0.3 is 5.32 Å². The number of nitrogens with one attached hydrogen (secondary N) is 1. The second kappa shape index (κ2) is 3.80. The van der Waals surface area contributed by atoms with E-state index in [2.05, 4.69) is 10.3 Å². The largest absolute Gasteiger partial charge is 0.326 e. The maximum absolute atomic E-state index is 10.9. The summed E-state index contributed by atoms with van der Waals surface area (Å²) in [5.74, 6) is -0.284. The summed E-state index contributed by atoms with van der Waals surface area (Å²) in [6, 6.07) is 3.18. The van der Waals surface area contributed by atoms with Crippen molar-refractivity contribution in [3.05, 3.63) is 24.0 Å². The summed E-state index contributed by atoms with van der Waals surface area (Å²) in [4.78, 5) is 25.4. The minimum atomic E-state index is -0.166. The first kappa shape index (κ1) is 9.38. The highest BCUT2D eigenvalue weighted by Crippen LogP contribution is 2.07. The molecule has 0 unspecified atom stereocenters. The quantitative estimate of drug-likeness (QED) is 0.693. The smallest absolute Gasteiger partial charge is 0.221 e. The van der Waals surface area contributed by atoms with E-state index in [1.807, 2.05) is 0 Å². The summed E-state index contributed by atoms with van der Waals surface area (Å²) in [5.41, 5.74) is 0.943. The highest BCUT2D eigenvalue weighted by Gasteiger charge is 2.02. The zero-order valence-corrected chi connectivity index (χ0v) is 7.50. The van der Waals surface area contributed by atoms with E-state index in [0.29, 0.717) is 11.4 Å². The average Bonchev–Trinajstić information content (AvgIpc) is 2.03. The number of aromatic nitrogens is 1. The molecule has 1 heterocycles. The summed E-state index contributed by atoms with van der Waals surface area (Å²) < 4.78 is 0. The number of amides is 1. The SMILES string of the molecule is CC(=O)Nc1ccnc(C(C)=O)c1. The zero-order valence-electron chi connectivity index (χ0n) is 7.50. The van der Waals surface area contributed by atoms with E-state index in [9.17, 15) is 9.59 Å². The van der Waals surface area contributed by atoms with E-state index in [4.69, 9.17) is 0 Å². The van der Waals surface area contributed by atoms with Gasteiger partial charge in [0, 0.05) is 25.7 Å². The van der Waals surface area contributed by atoms with E-state index in [-0.39, 0.29) is 11.7 Å². The number of Topliss-reactive ketones (excluding diaryl/α,β-unsaturated/α-hetero) is 1. The number of hydrogen-bond acceptors (Lipinski definition) is 3. The Morgan fingerprint density at radius 1 is 1.38 bits per heavy atom. The molecule has 4 heteroatoms. The van der Waals surface area contributed by atoms with Crippen LogP contribution in [-0.2, 0) is 4.79 Å². The van der Waals surface area contributed by atoms with Gasteiger partial charge in [-0.25, -0.2) is 0 Å². The van der Waals surface area contributed by atoms with Crippen LogP contribution in [0.25, 0.3) is 0 Å². The molecule has 1 rings (SSSR count). The predicted octanol–water partition coefficient (Wildman–Crippen LogP) is 1.24. The summed E-state index contributed by atoms with van der Waals surface area (Å²) in [6.07, 6.45) is 1.49. The van der Waals surface area contributed by atoms with Crippen LogP contribution < -0.4 is 5.32 Å². The van der Waals surface area contributed by atoms with Crippen LogP contribution in [0.5, 0.6) is 0 Å². The number of nitrogens with zero attached hydrogens (tertiary/aromatic N) is 1. The average molecular weight is 178 g/mol. The van der Waals surface area contributed by atoms with E-state index < -0.39 is 0 Å². The Labute approximate surface area is 76.0 Å². The molecule has 0 aliphatic carbocycles. The molecular weight excluding hydrogens is 168 g/mol. The Hall–Kier alpha value is -1.71. The molecule has 0 saturated carbocycles. The van der Waals surface area contributed by atoms with Crippen LogP contribution in [0, 0.1) is 0 Å². The van der Waals surface area contributed by atoms with Gasteiger partial charge in [-0.1, -0.05) is 0 Å². The van der Waals surface area contributed by atoms with Crippen molar-refractivity contribution in [3.63, 3.8) is 0 Å². The fraction of sp³-hybridized carbons (Fsp3) is 0.222. The number of pyridine rings is 1. The van der Waals surface area contributed by atoms with Crippen LogP contribution in [0.4, 0.5) is 5.69 Å². The van der Waals surface area contributed by atoms with Crippen molar-refractivity contribution >= 4 is 17.4 Å². The van der Waals surface area contributed by atoms with Gasteiger partial charge in [0.1, 0.15) is 5.69 Å². The van der Waals surface area contributed by atoms with Gasteiger partial charge in [0.25, 0.3) is 0 Å². The Morgan fingerprint density at radius 2 is 2.08 bits per heavy atom. The summed E-state index contributed by atoms with van der Waals surface area (Å²) >= 11 is 0.